The second-order valence-electron chi connectivity index (χ2n) is 3.52. The number of likely N-dealkylation sites (N-methyl/N-ethyl adjacent to an activating group) is 1. The molecule has 2 rings (SSSR count). The van der Waals surface area contributed by atoms with Crippen LogP contribution < -0.4 is 9.64 Å². The van der Waals surface area contributed by atoms with Crippen molar-refractivity contribution in [3.63, 3.8) is 0 Å². The highest BCUT2D eigenvalue weighted by atomic mass is 16.5. The molecule has 0 aliphatic carbocycles. The Morgan fingerprint density at radius 3 is 3.13 bits per heavy atom. The van der Waals surface area contributed by atoms with Crippen LogP contribution in [0.3, 0.4) is 0 Å². The van der Waals surface area contributed by atoms with Crippen molar-refractivity contribution < 1.29 is 9.84 Å². The van der Waals surface area contributed by atoms with Gasteiger partial charge in [0.05, 0.1) is 23.9 Å². The molecule has 1 aliphatic heterocycles. The van der Waals surface area contributed by atoms with Crippen molar-refractivity contribution in [3.8, 4) is 11.8 Å². The number of aliphatic hydroxyl groups is 1. The van der Waals surface area contributed by atoms with Crippen molar-refractivity contribution in [2.75, 3.05) is 25.2 Å². The molecule has 0 saturated carbocycles. The normalized spacial score (nSPS) is 19.0. The number of para-hydroxylation sites is 1. The van der Waals surface area contributed by atoms with E-state index in [9.17, 15) is 0 Å². The van der Waals surface area contributed by atoms with E-state index in [1.165, 1.54) is 0 Å². The maximum Gasteiger partial charge on any atom is 0.160 e. The number of aliphatic hydroxyl groups excluding tert-OH is 1. The van der Waals surface area contributed by atoms with Crippen LogP contribution in [0, 0.1) is 11.3 Å². The topological polar surface area (TPSA) is 56.5 Å². The Morgan fingerprint density at radius 2 is 2.47 bits per heavy atom. The molecule has 78 valence electrons. The average molecular weight is 204 g/mol. The minimum absolute atomic E-state index is 0.0357. The number of anilines is 1. The maximum absolute atomic E-state index is 9.13. The Labute approximate surface area is 88.3 Å². The van der Waals surface area contributed by atoms with E-state index in [2.05, 4.69) is 6.07 Å². The van der Waals surface area contributed by atoms with Gasteiger partial charge in [-0.15, -0.1) is 0 Å². The maximum atomic E-state index is 9.13. The zero-order valence-electron chi connectivity index (χ0n) is 8.47. The number of benzene rings is 1. The summed E-state index contributed by atoms with van der Waals surface area (Å²) in [4.78, 5) is 1.94. The SMILES string of the molecule is CN1c2cccc(C#N)c2OCC1CO. The highest BCUT2D eigenvalue weighted by Gasteiger charge is 2.25. The van der Waals surface area contributed by atoms with Gasteiger partial charge in [-0.2, -0.15) is 5.26 Å². The van der Waals surface area contributed by atoms with Crippen LogP contribution in [-0.4, -0.2) is 31.4 Å². The Balaban J connectivity index is 2.46. The van der Waals surface area contributed by atoms with E-state index in [1.807, 2.05) is 24.1 Å². The third kappa shape index (κ3) is 1.51. The Hall–Kier alpha value is -1.73. The monoisotopic (exact) mass is 204 g/mol. The Morgan fingerprint density at radius 1 is 1.67 bits per heavy atom. The van der Waals surface area contributed by atoms with E-state index in [0.717, 1.165) is 5.69 Å². The fraction of sp³-hybridized carbons (Fsp3) is 0.364. The molecule has 0 aromatic heterocycles. The molecule has 0 radical (unpaired) electrons. The molecule has 1 N–H and O–H groups in total. The Bertz CT molecular complexity index is 412. The van der Waals surface area contributed by atoms with Gasteiger partial charge in [-0.25, -0.2) is 0 Å². The molecule has 0 amide bonds. The van der Waals surface area contributed by atoms with Crippen LogP contribution >= 0.6 is 0 Å². The minimum atomic E-state index is -0.0357. The first-order valence-corrected chi connectivity index (χ1v) is 4.77. The molecule has 1 heterocycles. The van der Waals surface area contributed by atoms with Crippen molar-refractivity contribution in [2.45, 2.75) is 6.04 Å². The van der Waals surface area contributed by atoms with Crippen LogP contribution in [0.15, 0.2) is 18.2 Å². The molecule has 0 fully saturated rings. The molecule has 1 aromatic carbocycles. The van der Waals surface area contributed by atoms with Gasteiger partial charge >= 0.3 is 0 Å². The van der Waals surface area contributed by atoms with Gasteiger partial charge in [0.15, 0.2) is 5.75 Å². The molecule has 0 spiro atoms. The molecule has 15 heavy (non-hydrogen) atoms. The summed E-state index contributed by atoms with van der Waals surface area (Å²) in [6, 6.07) is 7.49. The van der Waals surface area contributed by atoms with Gasteiger partial charge in [0.2, 0.25) is 0 Å². The number of fused-ring (bicyclic) bond motifs is 1. The van der Waals surface area contributed by atoms with Gasteiger partial charge in [-0.1, -0.05) is 6.07 Å². The quantitative estimate of drug-likeness (QED) is 0.733. The molecule has 0 bridgehead atoms. The van der Waals surface area contributed by atoms with Crippen molar-refractivity contribution in [3.05, 3.63) is 23.8 Å². The zero-order valence-corrected chi connectivity index (χ0v) is 8.47. The number of hydrogen-bond donors (Lipinski definition) is 1. The highest BCUT2D eigenvalue weighted by Crippen LogP contribution is 2.35. The van der Waals surface area contributed by atoms with Crippen LogP contribution in [0.5, 0.6) is 5.75 Å². The fourth-order valence-electron chi connectivity index (χ4n) is 1.71. The van der Waals surface area contributed by atoms with Crippen LogP contribution in [0.2, 0.25) is 0 Å². The summed E-state index contributed by atoms with van der Waals surface area (Å²) in [5.41, 5.74) is 1.40. The number of nitrogens with zero attached hydrogens (tertiary/aromatic N) is 2. The summed E-state index contributed by atoms with van der Waals surface area (Å²) in [5, 5.41) is 18.0. The highest BCUT2D eigenvalue weighted by molar-refractivity contribution is 5.66. The lowest BCUT2D eigenvalue weighted by Gasteiger charge is -2.34. The number of hydrogen-bond acceptors (Lipinski definition) is 4. The zero-order chi connectivity index (χ0) is 10.8. The average Bonchev–Trinajstić information content (AvgIpc) is 2.29. The van der Waals surface area contributed by atoms with Crippen LogP contribution in [0.1, 0.15) is 5.56 Å². The second kappa shape index (κ2) is 3.79. The van der Waals surface area contributed by atoms with Crippen LogP contribution in [0.25, 0.3) is 0 Å². The van der Waals surface area contributed by atoms with Crippen LogP contribution in [0.4, 0.5) is 5.69 Å². The first-order chi connectivity index (χ1) is 7.27. The van der Waals surface area contributed by atoms with E-state index >= 15 is 0 Å². The molecule has 0 saturated heterocycles. The molecule has 1 aliphatic rings. The summed E-state index contributed by atoms with van der Waals surface area (Å²) in [5.74, 6) is 0.618. The third-order valence-electron chi connectivity index (χ3n) is 2.67. The lowest BCUT2D eigenvalue weighted by atomic mass is 10.1. The van der Waals surface area contributed by atoms with Gasteiger partial charge in [-0.05, 0) is 12.1 Å². The molecule has 4 heteroatoms. The molecular formula is C11H12N2O2. The molecule has 1 atom stereocenters. The summed E-state index contributed by atoms with van der Waals surface area (Å²) < 4.78 is 5.50. The van der Waals surface area contributed by atoms with Gasteiger partial charge in [0, 0.05) is 7.05 Å². The third-order valence-corrected chi connectivity index (χ3v) is 2.67. The number of nitriles is 1. The van der Waals surface area contributed by atoms with E-state index in [0.29, 0.717) is 17.9 Å². The first kappa shape index (κ1) is 9.81. The molecule has 4 nitrogen and oxygen atoms in total. The molecule has 1 aromatic rings. The van der Waals surface area contributed by atoms with Gasteiger partial charge in [0.1, 0.15) is 12.7 Å². The van der Waals surface area contributed by atoms with E-state index in [1.54, 1.807) is 6.07 Å². The minimum Gasteiger partial charge on any atom is -0.488 e. The number of ether oxygens (including phenoxy) is 1. The largest absolute Gasteiger partial charge is 0.488 e. The number of rotatable bonds is 1. The predicted octanol–water partition coefficient (Wildman–Crippen LogP) is 0.748. The predicted molar refractivity (Wildman–Crippen MR) is 55.9 cm³/mol. The van der Waals surface area contributed by atoms with E-state index < -0.39 is 0 Å². The van der Waals surface area contributed by atoms with Gasteiger partial charge < -0.3 is 14.7 Å². The van der Waals surface area contributed by atoms with E-state index in [-0.39, 0.29) is 12.6 Å². The lowest BCUT2D eigenvalue weighted by Crippen LogP contribution is -2.43. The second-order valence-corrected chi connectivity index (χ2v) is 3.52. The van der Waals surface area contributed by atoms with Gasteiger partial charge in [-0.3, -0.25) is 0 Å². The summed E-state index contributed by atoms with van der Waals surface area (Å²) in [7, 11) is 1.89. The molecular weight excluding hydrogens is 192 g/mol. The summed E-state index contributed by atoms with van der Waals surface area (Å²) >= 11 is 0. The summed E-state index contributed by atoms with van der Waals surface area (Å²) in [6.45, 7) is 0.464. The van der Waals surface area contributed by atoms with Crippen molar-refractivity contribution in [1.82, 2.24) is 0 Å². The Kier molecular flexibility index (Phi) is 2.48. The van der Waals surface area contributed by atoms with Crippen molar-refractivity contribution in [1.29, 1.82) is 5.26 Å². The van der Waals surface area contributed by atoms with Crippen molar-refractivity contribution in [2.24, 2.45) is 0 Å². The fourth-order valence-corrected chi connectivity index (χ4v) is 1.71. The lowest BCUT2D eigenvalue weighted by molar-refractivity contribution is 0.191. The first-order valence-electron chi connectivity index (χ1n) is 4.77. The van der Waals surface area contributed by atoms with E-state index in [4.69, 9.17) is 15.1 Å². The summed E-state index contributed by atoms with van der Waals surface area (Å²) in [6.07, 6.45) is 0. The van der Waals surface area contributed by atoms with Crippen LogP contribution in [-0.2, 0) is 0 Å². The standard InChI is InChI=1S/C11H12N2O2/c1-13-9(6-14)7-15-11-8(5-12)3-2-4-10(11)13/h2-4,9,14H,6-7H2,1H3. The smallest absolute Gasteiger partial charge is 0.160 e. The van der Waals surface area contributed by atoms with Crippen molar-refractivity contribution >= 4 is 5.69 Å². The molecule has 1 unspecified atom stereocenters. The van der Waals surface area contributed by atoms with Gasteiger partial charge in [0.25, 0.3) is 0 Å².